The highest BCUT2D eigenvalue weighted by Crippen LogP contribution is 2.30. The van der Waals surface area contributed by atoms with Gasteiger partial charge in [0.15, 0.2) is 11.7 Å². The average Bonchev–Trinajstić information content (AvgIpc) is 3.07. The fourth-order valence-electron chi connectivity index (χ4n) is 3.37. The van der Waals surface area contributed by atoms with E-state index >= 15 is 0 Å². The van der Waals surface area contributed by atoms with Crippen molar-refractivity contribution >= 4 is 11.8 Å². The molecule has 10 heteroatoms. The van der Waals surface area contributed by atoms with Gasteiger partial charge in [-0.15, -0.1) is 0 Å². The molecule has 0 bridgehead atoms. The van der Waals surface area contributed by atoms with E-state index in [1.807, 2.05) is 25.3 Å². The predicted octanol–water partition coefficient (Wildman–Crippen LogP) is 2.48. The van der Waals surface area contributed by atoms with Crippen LogP contribution in [0.15, 0.2) is 29.5 Å². The molecule has 29 heavy (non-hydrogen) atoms. The highest BCUT2D eigenvalue weighted by molar-refractivity contribution is 5.80. The van der Waals surface area contributed by atoms with E-state index in [9.17, 15) is 13.2 Å². The molecule has 0 unspecified atom stereocenters. The number of hydrogen-bond donors (Lipinski definition) is 2. The van der Waals surface area contributed by atoms with Gasteiger partial charge in [-0.1, -0.05) is 6.07 Å². The Bertz CT molecular complexity index is 834. The van der Waals surface area contributed by atoms with Crippen LogP contribution in [0.3, 0.4) is 0 Å². The largest absolute Gasteiger partial charge is 0.435 e. The van der Waals surface area contributed by atoms with Gasteiger partial charge in [0.25, 0.3) is 0 Å². The zero-order chi connectivity index (χ0) is 21.0. The third-order valence-electron chi connectivity index (χ3n) is 4.90. The number of hydrogen-bond acceptors (Lipinski definition) is 4. The lowest BCUT2D eigenvalue weighted by atomic mass is 10.1. The number of rotatable bonds is 4. The van der Waals surface area contributed by atoms with Crippen LogP contribution in [0.2, 0.25) is 0 Å². The van der Waals surface area contributed by atoms with E-state index in [1.165, 1.54) is 17.9 Å². The van der Waals surface area contributed by atoms with E-state index in [0.29, 0.717) is 5.96 Å². The van der Waals surface area contributed by atoms with Crippen molar-refractivity contribution < 1.29 is 13.2 Å². The van der Waals surface area contributed by atoms with E-state index in [4.69, 9.17) is 0 Å². The second kappa shape index (κ2) is 8.71. The number of aliphatic imine (C=N–C) groups is 1. The molecule has 2 aromatic heterocycles. The van der Waals surface area contributed by atoms with Crippen LogP contribution >= 0.6 is 0 Å². The monoisotopic (exact) mass is 409 g/mol. The van der Waals surface area contributed by atoms with E-state index in [1.54, 1.807) is 7.05 Å². The van der Waals surface area contributed by atoms with Crippen LogP contribution in [-0.2, 0) is 19.8 Å². The summed E-state index contributed by atoms with van der Waals surface area (Å²) in [5.41, 5.74) is 0.340. The molecule has 0 saturated carbocycles. The van der Waals surface area contributed by atoms with Crippen molar-refractivity contribution in [1.29, 1.82) is 0 Å². The molecule has 2 aromatic rings. The standard InChI is InChI=1S/C19H26F3N7/c1-13-4-5-16(24-10-13)29-8-6-15(7-9-29)26-18(23-2)25-11-14-12-28(3)27-17(14)19(20,21)22/h4-5,10,12,15H,6-9,11H2,1-3H3,(H2,23,25,26). The smallest absolute Gasteiger partial charge is 0.356 e. The van der Waals surface area contributed by atoms with Crippen molar-refractivity contribution in [3.63, 3.8) is 0 Å². The van der Waals surface area contributed by atoms with E-state index < -0.39 is 11.9 Å². The highest BCUT2D eigenvalue weighted by Gasteiger charge is 2.36. The topological polar surface area (TPSA) is 70.4 Å². The number of aromatic nitrogens is 3. The number of nitrogens with zero attached hydrogens (tertiary/aromatic N) is 5. The van der Waals surface area contributed by atoms with Crippen molar-refractivity contribution in [3.05, 3.63) is 41.3 Å². The number of aryl methyl sites for hydroxylation is 2. The Kier molecular flexibility index (Phi) is 6.29. The number of guanidine groups is 1. The number of halogens is 3. The first-order valence-corrected chi connectivity index (χ1v) is 9.50. The molecule has 7 nitrogen and oxygen atoms in total. The van der Waals surface area contributed by atoms with Gasteiger partial charge in [-0.2, -0.15) is 18.3 Å². The maximum atomic E-state index is 13.1. The minimum Gasteiger partial charge on any atom is -0.356 e. The molecule has 3 rings (SSSR count). The molecule has 0 spiro atoms. The SMILES string of the molecule is CN=C(NCc1cn(C)nc1C(F)(F)F)NC1CCN(c2ccc(C)cn2)CC1. The van der Waals surface area contributed by atoms with Crippen LogP contribution in [0.25, 0.3) is 0 Å². The van der Waals surface area contributed by atoms with Crippen molar-refractivity contribution in [2.24, 2.45) is 12.0 Å². The Morgan fingerprint density at radius 3 is 2.59 bits per heavy atom. The van der Waals surface area contributed by atoms with Crippen LogP contribution in [0.5, 0.6) is 0 Å². The Morgan fingerprint density at radius 2 is 2.00 bits per heavy atom. The maximum absolute atomic E-state index is 13.1. The van der Waals surface area contributed by atoms with Crippen LogP contribution in [0.1, 0.15) is 29.7 Å². The summed E-state index contributed by atoms with van der Waals surface area (Å²) in [6.07, 6.45) is 0.523. The van der Waals surface area contributed by atoms with Gasteiger partial charge < -0.3 is 15.5 Å². The van der Waals surface area contributed by atoms with Crippen molar-refractivity contribution in [2.45, 2.75) is 38.5 Å². The summed E-state index contributed by atoms with van der Waals surface area (Å²) in [7, 11) is 3.08. The van der Waals surface area contributed by atoms with Crippen LogP contribution < -0.4 is 15.5 Å². The second-order valence-electron chi connectivity index (χ2n) is 7.20. The molecule has 1 fully saturated rings. The maximum Gasteiger partial charge on any atom is 0.435 e. The van der Waals surface area contributed by atoms with Crippen molar-refractivity contribution in [2.75, 3.05) is 25.0 Å². The third kappa shape index (κ3) is 5.39. The first-order valence-electron chi connectivity index (χ1n) is 9.50. The molecule has 1 aliphatic heterocycles. The van der Waals surface area contributed by atoms with Gasteiger partial charge >= 0.3 is 6.18 Å². The first kappa shape index (κ1) is 20.9. The quantitative estimate of drug-likeness (QED) is 0.600. The fourth-order valence-corrected chi connectivity index (χ4v) is 3.37. The minimum absolute atomic E-state index is 0.00547. The molecule has 0 atom stereocenters. The summed E-state index contributed by atoms with van der Waals surface area (Å²) in [6.45, 7) is 3.71. The van der Waals surface area contributed by atoms with Gasteiger partial charge in [0.05, 0.1) is 0 Å². The van der Waals surface area contributed by atoms with Crippen molar-refractivity contribution in [3.8, 4) is 0 Å². The minimum atomic E-state index is -4.48. The van der Waals surface area contributed by atoms with Crippen LogP contribution in [0, 0.1) is 6.92 Å². The summed E-state index contributed by atoms with van der Waals surface area (Å²) in [6, 6.07) is 4.26. The van der Waals surface area contributed by atoms with Gasteiger partial charge in [0.2, 0.25) is 0 Å². The zero-order valence-electron chi connectivity index (χ0n) is 16.8. The normalized spacial score (nSPS) is 16.2. The lowest BCUT2D eigenvalue weighted by Crippen LogP contribution is -2.48. The summed E-state index contributed by atoms with van der Waals surface area (Å²) < 4.78 is 40.4. The predicted molar refractivity (Wildman–Crippen MR) is 106 cm³/mol. The molecule has 3 heterocycles. The highest BCUT2D eigenvalue weighted by atomic mass is 19.4. The molecular formula is C19H26F3N7. The summed E-state index contributed by atoms with van der Waals surface area (Å²) in [5.74, 6) is 1.45. The van der Waals surface area contributed by atoms with Gasteiger partial charge in [-0.05, 0) is 31.4 Å². The van der Waals surface area contributed by atoms with Gasteiger partial charge in [-0.3, -0.25) is 9.67 Å². The number of nitrogens with one attached hydrogen (secondary N) is 2. The summed E-state index contributed by atoms with van der Waals surface area (Å²) in [4.78, 5) is 10.8. The lowest BCUT2D eigenvalue weighted by Gasteiger charge is -2.33. The first-order chi connectivity index (χ1) is 13.8. The molecule has 2 N–H and O–H groups in total. The zero-order valence-corrected chi connectivity index (χ0v) is 16.8. The molecule has 0 radical (unpaired) electrons. The lowest BCUT2D eigenvalue weighted by molar-refractivity contribution is -0.142. The van der Waals surface area contributed by atoms with Crippen molar-refractivity contribution in [1.82, 2.24) is 25.4 Å². The molecule has 1 saturated heterocycles. The van der Waals surface area contributed by atoms with E-state index in [0.717, 1.165) is 37.3 Å². The van der Waals surface area contributed by atoms with Gasteiger partial charge in [0, 0.05) is 57.7 Å². The molecule has 0 amide bonds. The Balaban J connectivity index is 1.52. The second-order valence-corrected chi connectivity index (χ2v) is 7.20. The van der Waals surface area contributed by atoms with Gasteiger partial charge in [-0.25, -0.2) is 4.98 Å². The number of alkyl halides is 3. The Morgan fingerprint density at radius 1 is 1.28 bits per heavy atom. The number of pyridine rings is 1. The molecule has 158 valence electrons. The van der Waals surface area contributed by atoms with E-state index in [2.05, 4.69) is 30.6 Å². The Labute approximate surface area is 168 Å². The van der Waals surface area contributed by atoms with Crippen LogP contribution in [-0.4, -0.2) is 46.9 Å². The number of anilines is 1. The van der Waals surface area contributed by atoms with Gasteiger partial charge in [0.1, 0.15) is 5.82 Å². The molecule has 0 aromatic carbocycles. The fraction of sp³-hybridized carbons (Fsp3) is 0.526. The molecular weight excluding hydrogens is 383 g/mol. The summed E-state index contributed by atoms with van der Waals surface area (Å²) in [5, 5.41) is 9.80. The summed E-state index contributed by atoms with van der Waals surface area (Å²) >= 11 is 0. The number of piperidine rings is 1. The van der Waals surface area contributed by atoms with Crippen LogP contribution in [0.4, 0.5) is 19.0 Å². The average molecular weight is 409 g/mol. The molecule has 1 aliphatic rings. The third-order valence-corrected chi connectivity index (χ3v) is 4.90. The Hall–Kier alpha value is -2.78. The van der Waals surface area contributed by atoms with E-state index in [-0.39, 0.29) is 18.2 Å². The molecule has 0 aliphatic carbocycles.